The van der Waals surface area contributed by atoms with Crippen molar-refractivity contribution < 1.29 is 5.11 Å². The van der Waals surface area contributed by atoms with Gasteiger partial charge in [-0.25, -0.2) is 4.98 Å². The van der Waals surface area contributed by atoms with E-state index in [1.807, 2.05) is 19.1 Å². The van der Waals surface area contributed by atoms with Crippen molar-refractivity contribution in [1.82, 2.24) is 4.98 Å². The van der Waals surface area contributed by atoms with Crippen molar-refractivity contribution in [1.29, 1.82) is 0 Å². The van der Waals surface area contributed by atoms with Gasteiger partial charge in [-0.15, -0.1) is 0 Å². The van der Waals surface area contributed by atoms with E-state index in [0.29, 0.717) is 6.54 Å². The van der Waals surface area contributed by atoms with E-state index >= 15 is 0 Å². The molecule has 4 heteroatoms. The number of hydrogen-bond acceptors (Lipinski definition) is 4. The Bertz CT molecular complexity index is 375. The molecule has 0 aromatic carbocycles. The number of rotatable bonds is 5. The summed E-state index contributed by atoms with van der Waals surface area (Å²) < 4.78 is 0. The molecule has 1 aromatic heterocycles. The van der Waals surface area contributed by atoms with Crippen LogP contribution in [0.5, 0.6) is 0 Å². The summed E-state index contributed by atoms with van der Waals surface area (Å²) in [4.78, 5) is 4.23. The largest absolute Gasteiger partial charge is 0.388 e. The minimum Gasteiger partial charge on any atom is -0.388 e. The van der Waals surface area contributed by atoms with Crippen LogP contribution >= 0.6 is 0 Å². The van der Waals surface area contributed by atoms with E-state index in [1.165, 1.54) is 6.42 Å². The summed E-state index contributed by atoms with van der Waals surface area (Å²) in [6.07, 6.45) is 7.12. The Morgan fingerprint density at radius 2 is 2.06 bits per heavy atom. The zero-order chi connectivity index (χ0) is 12.8. The van der Waals surface area contributed by atoms with Gasteiger partial charge in [0.1, 0.15) is 5.82 Å². The zero-order valence-electron chi connectivity index (χ0n) is 11.1. The minimum absolute atomic E-state index is 0.528. The average Bonchev–Trinajstić information content (AvgIpc) is 2.38. The van der Waals surface area contributed by atoms with Crippen molar-refractivity contribution in [2.24, 2.45) is 0 Å². The molecule has 0 spiro atoms. The smallest absolute Gasteiger partial charge is 0.127 e. The van der Waals surface area contributed by atoms with E-state index < -0.39 is 5.60 Å². The lowest BCUT2D eigenvalue weighted by atomic mass is 9.85. The molecule has 1 aliphatic rings. The maximum Gasteiger partial charge on any atom is 0.127 e. The maximum absolute atomic E-state index is 10.4. The van der Waals surface area contributed by atoms with Gasteiger partial charge in [-0.1, -0.05) is 19.3 Å². The number of nitrogens with zero attached hydrogens (tertiary/aromatic N) is 1. The Hall–Kier alpha value is -1.29. The van der Waals surface area contributed by atoms with Crippen LogP contribution in [0.3, 0.4) is 0 Å². The molecule has 100 valence electrons. The molecule has 18 heavy (non-hydrogen) atoms. The molecule has 1 fully saturated rings. The van der Waals surface area contributed by atoms with Crippen LogP contribution in [0.2, 0.25) is 0 Å². The SMILES string of the molecule is CCNc1cc(NCC2(O)CCCCC2)ccn1. The topological polar surface area (TPSA) is 57.2 Å². The van der Waals surface area contributed by atoms with Crippen LogP contribution in [0.25, 0.3) is 0 Å². The number of anilines is 2. The molecule has 0 radical (unpaired) electrons. The number of pyridine rings is 1. The maximum atomic E-state index is 10.4. The van der Waals surface area contributed by atoms with Crippen molar-refractivity contribution in [3.63, 3.8) is 0 Å². The molecule has 0 aliphatic heterocycles. The van der Waals surface area contributed by atoms with Crippen LogP contribution in [0, 0.1) is 0 Å². The highest BCUT2D eigenvalue weighted by Gasteiger charge is 2.28. The van der Waals surface area contributed by atoms with Crippen LogP contribution in [0.4, 0.5) is 11.5 Å². The standard InChI is InChI=1S/C14H23N3O/c1-2-15-13-10-12(6-9-16-13)17-11-14(18)7-4-3-5-8-14/h6,9-10,18H,2-5,7-8,11H2,1H3,(H2,15,16,17). The van der Waals surface area contributed by atoms with Gasteiger partial charge in [-0.05, 0) is 25.8 Å². The predicted octanol–water partition coefficient (Wildman–Crippen LogP) is 2.62. The quantitative estimate of drug-likeness (QED) is 0.751. The van der Waals surface area contributed by atoms with Crippen LogP contribution in [0.15, 0.2) is 18.3 Å². The molecule has 1 heterocycles. The van der Waals surface area contributed by atoms with Gasteiger partial charge in [0.15, 0.2) is 0 Å². The minimum atomic E-state index is -0.528. The third-order valence-electron chi connectivity index (χ3n) is 3.52. The fourth-order valence-electron chi connectivity index (χ4n) is 2.47. The van der Waals surface area contributed by atoms with E-state index in [-0.39, 0.29) is 0 Å². The summed E-state index contributed by atoms with van der Waals surface area (Å²) in [5.41, 5.74) is 0.486. The van der Waals surface area contributed by atoms with Crippen LogP contribution in [0.1, 0.15) is 39.0 Å². The monoisotopic (exact) mass is 249 g/mol. The summed E-state index contributed by atoms with van der Waals surface area (Å²) in [5, 5.41) is 16.9. The number of nitrogens with one attached hydrogen (secondary N) is 2. The zero-order valence-corrected chi connectivity index (χ0v) is 11.1. The molecular weight excluding hydrogens is 226 g/mol. The molecule has 3 N–H and O–H groups in total. The predicted molar refractivity (Wildman–Crippen MR) is 74.9 cm³/mol. The number of hydrogen-bond donors (Lipinski definition) is 3. The summed E-state index contributed by atoms with van der Waals surface area (Å²) >= 11 is 0. The van der Waals surface area contributed by atoms with Crippen LogP contribution < -0.4 is 10.6 Å². The Kier molecular flexibility index (Phi) is 4.42. The first kappa shape index (κ1) is 13.1. The molecule has 0 atom stereocenters. The van der Waals surface area contributed by atoms with Crippen molar-refractivity contribution in [3.8, 4) is 0 Å². The summed E-state index contributed by atoms with van der Waals surface area (Å²) in [6.45, 7) is 3.54. The van der Waals surface area contributed by atoms with E-state index in [9.17, 15) is 5.11 Å². The second-order valence-corrected chi connectivity index (χ2v) is 5.10. The molecule has 2 rings (SSSR count). The van der Waals surface area contributed by atoms with E-state index in [2.05, 4.69) is 15.6 Å². The molecular formula is C14H23N3O. The van der Waals surface area contributed by atoms with Gasteiger partial charge in [-0.3, -0.25) is 0 Å². The summed E-state index contributed by atoms with van der Waals surface area (Å²) in [7, 11) is 0. The number of aromatic nitrogens is 1. The van der Waals surface area contributed by atoms with Crippen molar-refractivity contribution in [2.45, 2.75) is 44.6 Å². The van der Waals surface area contributed by atoms with Gasteiger partial charge in [0.2, 0.25) is 0 Å². The highest BCUT2D eigenvalue weighted by atomic mass is 16.3. The Morgan fingerprint density at radius 1 is 1.28 bits per heavy atom. The molecule has 0 amide bonds. The number of aliphatic hydroxyl groups is 1. The van der Waals surface area contributed by atoms with E-state index in [1.54, 1.807) is 6.20 Å². The van der Waals surface area contributed by atoms with Gasteiger partial charge >= 0.3 is 0 Å². The average molecular weight is 249 g/mol. The Morgan fingerprint density at radius 3 is 2.78 bits per heavy atom. The first-order valence-corrected chi connectivity index (χ1v) is 6.88. The van der Waals surface area contributed by atoms with Crippen LogP contribution in [-0.4, -0.2) is 28.8 Å². The molecule has 1 aromatic rings. The van der Waals surface area contributed by atoms with Gasteiger partial charge in [0.05, 0.1) is 5.60 Å². The Balaban J connectivity index is 1.90. The molecule has 4 nitrogen and oxygen atoms in total. The molecule has 1 saturated carbocycles. The summed E-state index contributed by atoms with van der Waals surface area (Å²) in [6, 6.07) is 3.92. The van der Waals surface area contributed by atoms with Gasteiger partial charge in [0.25, 0.3) is 0 Å². The van der Waals surface area contributed by atoms with Gasteiger partial charge in [0, 0.05) is 31.0 Å². The van der Waals surface area contributed by atoms with E-state index in [0.717, 1.165) is 43.7 Å². The normalized spacial score (nSPS) is 18.3. The highest BCUT2D eigenvalue weighted by molar-refractivity contribution is 5.51. The first-order chi connectivity index (χ1) is 8.72. The lowest BCUT2D eigenvalue weighted by molar-refractivity contribution is 0.0167. The van der Waals surface area contributed by atoms with Gasteiger partial charge in [-0.2, -0.15) is 0 Å². The molecule has 0 saturated heterocycles. The second kappa shape index (κ2) is 6.05. The first-order valence-electron chi connectivity index (χ1n) is 6.88. The highest BCUT2D eigenvalue weighted by Crippen LogP contribution is 2.28. The third-order valence-corrected chi connectivity index (χ3v) is 3.52. The Labute approximate surface area is 109 Å². The van der Waals surface area contributed by atoms with Gasteiger partial charge < -0.3 is 15.7 Å². The molecule has 1 aliphatic carbocycles. The summed E-state index contributed by atoms with van der Waals surface area (Å²) in [5.74, 6) is 0.873. The third kappa shape index (κ3) is 3.60. The second-order valence-electron chi connectivity index (χ2n) is 5.10. The lowest BCUT2D eigenvalue weighted by Gasteiger charge is -2.32. The lowest BCUT2D eigenvalue weighted by Crippen LogP contribution is -2.38. The fraction of sp³-hybridized carbons (Fsp3) is 0.643. The van der Waals surface area contributed by atoms with Crippen molar-refractivity contribution in [2.75, 3.05) is 23.7 Å². The fourth-order valence-corrected chi connectivity index (χ4v) is 2.47. The van der Waals surface area contributed by atoms with Crippen LogP contribution in [-0.2, 0) is 0 Å². The van der Waals surface area contributed by atoms with Crippen molar-refractivity contribution in [3.05, 3.63) is 18.3 Å². The van der Waals surface area contributed by atoms with Crippen molar-refractivity contribution >= 4 is 11.5 Å². The molecule has 0 bridgehead atoms. The molecule has 0 unspecified atom stereocenters. The van der Waals surface area contributed by atoms with E-state index in [4.69, 9.17) is 0 Å².